The zero-order chi connectivity index (χ0) is 20.5. The van der Waals surface area contributed by atoms with Crippen molar-refractivity contribution in [1.82, 2.24) is 20.0 Å². The Bertz CT molecular complexity index is 1110. The zero-order valence-corrected chi connectivity index (χ0v) is 16.2. The lowest BCUT2D eigenvalue weighted by Crippen LogP contribution is -2.17. The van der Waals surface area contributed by atoms with Crippen molar-refractivity contribution in [2.24, 2.45) is 0 Å². The number of nitrogens with zero attached hydrogens (tertiary/aromatic N) is 4. The Morgan fingerprint density at radius 2 is 1.96 bits per heavy atom. The molecule has 0 saturated carbocycles. The highest BCUT2D eigenvalue weighted by Gasteiger charge is 2.23. The fourth-order valence-electron chi connectivity index (χ4n) is 2.46. The topological polar surface area (TPSA) is 87.0 Å². The molecule has 0 aliphatic heterocycles. The highest BCUT2D eigenvalue weighted by molar-refractivity contribution is 7.91. The molecular formula is C18H18F2N4O3S. The van der Waals surface area contributed by atoms with Gasteiger partial charge in [-0.1, -0.05) is 11.3 Å². The molecule has 3 rings (SSSR count). The molecule has 0 saturated heterocycles. The van der Waals surface area contributed by atoms with Gasteiger partial charge in [-0.2, -0.15) is 0 Å². The first-order valence-electron chi connectivity index (χ1n) is 8.33. The summed E-state index contributed by atoms with van der Waals surface area (Å²) in [6.45, 7) is 3.01. The molecule has 0 atom stereocenters. The molecule has 2 heterocycles. The first-order chi connectivity index (χ1) is 13.2. The third kappa shape index (κ3) is 3.86. The van der Waals surface area contributed by atoms with E-state index in [9.17, 15) is 17.2 Å². The molecular weight excluding hydrogens is 390 g/mol. The van der Waals surface area contributed by atoms with E-state index in [0.29, 0.717) is 17.0 Å². The maximum atomic E-state index is 14.9. The average molecular weight is 408 g/mol. The number of sulfone groups is 1. The number of hydrogen-bond donors (Lipinski definition) is 0. The minimum Gasteiger partial charge on any atom is -0.495 e. The standard InChI is InChI=1S/C18H18F2N4O3S/c1-11(2)28(25,26)10-12-4-5-15(19)18(17(12)20)24-9-16(22-23-24)13-6-14(27-3)8-21-7-13/h4-9,11H,10H2,1-3H3. The minimum absolute atomic E-state index is 0.134. The van der Waals surface area contributed by atoms with Gasteiger partial charge in [-0.3, -0.25) is 4.98 Å². The van der Waals surface area contributed by atoms with Crippen molar-refractivity contribution in [2.75, 3.05) is 7.11 Å². The summed E-state index contributed by atoms with van der Waals surface area (Å²) in [6.07, 6.45) is 4.35. The van der Waals surface area contributed by atoms with Crippen LogP contribution in [0.4, 0.5) is 8.78 Å². The molecule has 28 heavy (non-hydrogen) atoms. The van der Waals surface area contributed by atoms with Gasteiger partial charge < -0.3 is 4.74 Å². The van der Waals surface area contributed by atoms with Crippen molar-refractivity contribution in [3.8, 4) is 22.7 Å². The molecule has 0 radical (unpaired) electrons. The van der Waals surface area contributed by atoms with Gasteiger partial charge in [-0.25, -0.2) is 21.9 Å². The second kappa shape index (κ2) is 7.63. The van der Waals surface area contributed by atoms with E-state index in [-0.39, 0.29) is 5.56 Å². The van der Waals surface area contributed by atoms with Crippen LogP contribution in [-0.4, -0.2) is 40.8 Å². The van der Waals surface area contributed by atoms with E-state index in [0.717, 1.165) is 16.8 Å². The number of rotatable bonds is 6. The average Bonchev–Trinajstić information content (AvgIpc) is 3.14. The molecule has 148 valence electrons. The van der Waals surface area contributed by atoms with Gasteiger partial charge in [-0.15, -0.1) is 5.10 Å². The Morgan fingerprint density at radius 3 is 2.64 bits per heavy atom. The lowest BCUT2D eigenvalue weighted by molar-refractivity contribution is 0.413. The Balaban J connectivity index is 2.02. The van der Waals surface area contributed by atoms with Gasteiger partial charge in [0.15, 0.2) is 21.5 Å². The second-order valence-corrected chi connectivity index (χ2v) is 8.94. The summed E-state index contributed by atoms with van der Waals surface area (Å²) in [5, 5.41) is 7.02. The number of halogens is 2. The van der Waals surface area contributed by atoms with Gasteiger partial charge in [0.2, 0.25) is 0 Å². The highest BCUT2D eigenvalue weighted by atomic mass is 32.2. The van der Waals surface area contributed by atoms with Crippen LogP contribution >= 0.6 is 0 Å². The molecule has 0 aliphatic carbocycles. The van der Waals surface area contributed by atoms with E-state index in [1.807, 2.05) is 0 Å². The minimum atomic E-state index is -3.56. The largest absolute Gasteiger partial charge is 0.495 e. The van der Waals surface area contributed by atoms with E-state index in [1.54, 1.807) is 6.07 Å². The Labute approximate surface area is 160 Å². The Kier molecular flexibility index (Phi) is 5.41. The zero-order valence-electron chi connectivity index (χ0n) is 15.4. The van der Waals surface area contributed by atoms with Crippen LogP contribution in [0.3, 0.4) is 0 Å². The third-order valence-electron chi connectivity index (χ3n) is 4.19. The van der Waals surface area contributed by atoms with Crippen LogP contribution in [0.2, 0.25) is 0 Å². The van der Waals surface area contributed by atoms with Crippen LogP contribution in [0.5, 0.6) is 5.75 Å². The maximum Gasteiger partial charge on any atom is 0.156 e. The quantitative estimate of drug-likeness (QED) is 0.623. The van der Waals surface area contributed by atoms with Crippen LogP contribution in [0.1, 0.15) is 19.4 Å². The Hall–Kier alpha value is -2.88. The molecule has 0 aliphatic rings. The summed E-state index contributed by atoms with van der Waals surface area (Å²) in [4.78, 5) is 4.00. The molecule has 0 fully saturated rings. The second-order valence-electron chi connectivity index (χ2n) is 6.39. The molecule has 0 N–H and O–H groups in total. The predicted molar refractivity (Wildman–Crippen MR) is 98.8 cm³/mol. The normalized spacial score (nSPS) is 11.8. The van der Waals surface area contributed by atoms with Crippen LogP contribution in [0.25, 0.3) is 16.9 Å². The van der Waals surface area contributed by atoms with E-state index in [1.165, 1.54) is 39.5 Å². The van der Waals surface area contributed by atoms with Crippen molar-refractivity contribution in [3.05, 3.63) is 54.0 Å². The first-order valence-corrected chi connectivity index (χ1v) is 10.0. The van der Waals surface area contributed by atoms with Gasteiger partial charge in [0, 0.05) is 17.3 Å². The Morgan fingerprint density at radius 1 is 1.21 bits per heavy atom. The molecule has 2 aromatic heterocycles. The van der Waals surface area contributed by atoms with Gasteiger partial charge in [-0.05, 0) is 26.0 Å². The van der Waals surface area contributed by atoms with Crippen molar-refractivity contribution in [2.45, 2.75) is 24.9 Å². The fourth-order valence-corrected chi connectivity index (χ4v) is 3.45. The van der Waals surface area contributed by atoms with Gasteiger partial charge >= 0.3 is 0 Å². The number of benzene rings is 1. The van der Waals surface area contributed by atoms with E-state index < -0.39 is 38.2 Å². The molecule has 0 spiro atoms. The summed E-state index contributed by atoms with van der Waals surface area (Å²) >= 11 is 0. The molecule has 0 unspecified atom stereocenters. The molecule has 10 heteroatoms. The number of hydrogen-bond acceptors (Lipinski definition) is 6. The van der Waals surface area contributed by atoms with E-state index in [2.05, 4.69) is 15.3 Å². The summed E-state index contributed by atoms with van der Waals surface area (Å²) in [7, 11) is -2.08. The number of aromatic nitrogens is 4. The van der Waals surface area contributed by atoms with Crippen LogP contribution < -0.4 is 4.74 Å². The molecule has 3 aromatic rings. The van der Waals surface area contributed by atoms with Crippen molar-refractivity contribution in [3.63, 3.8) is 0 Å². The van der Waals surface area contributed by atoms with E-state index in [4.69, 9.17) is 4.74 Å². The third-order valence-corrected chi connectivity index (χ3v) is 6.34. The lowest BCUT2D eigenvalue weighted by Gasteiger charge is -2.11. The van der Waals surface area contributed by atoms with Gasteiger partial charge in [0.1, 0.15) is 17.1 Å². The highest BCUT2D eigenvalue weighted by Crippen LogP contribution is 2.26. The van der Waals surface area contributed by atoms with E-state index >= 15 is 0 Å². The van der Waals surface area contributed by atoms with Crippen molar-refractivity contribution in [1.29, 1.82) is 0 Å². The number of pyridine rings is 1. The van der Waals surface area contributed by atoms with Crippen LogP contribution in [-0.2, 0) is 15.6 Å². The van der Waals surface area contributed by atoms with Crippen molar-refractivity contribution >= 4 is 9.84 Å². The van der Waals surface area contributed by atoms with Crippen molar-refractivity contribution < 1.29 is 21.9 Å². The van der Waals surface area contributed by atoms with Gasteiger partial charge in [0.05, 0.1) is 30.5 Å². The molecule has 0 bridgehead atoms. The maximum absolute atomic E-state index is 14.9. The number of ether oxygens (including phenoxy) is 1. The fraction of sp³-hybridized carbons (Fsp3) is 0.278. The molecule has 1 aromatic carbocycles. The number of methoxy groups -OCH3 is 1. The SMILES string of the molecule is COc1cncc(-c2cn(-c3c(F)ccc(CS(=O)(=O)C(C)C)c3F)nn2)c1. The molecule has 0 amide bonds. The van der Waals surface area contributed by atoms with Gasteiger partial charge in [0.25, 0.3) is 0 Å². The van der Waals surface area contributed by atoms with Crippen LogP contribution in [0, 0.1) is 11.6 Å². The summed E-state index contributed by atoms with van der Waals surface area (Å²) in [6, 6.07) is 3.79. The first kappa shape index (κ1) is 19.9. The lowest BCUT2D eigenvalue weighted by atomic mass is 10.2. The summed E-state index contributed by atoms with van der Waals surface area (Å²) in [5.74, 6) is -1.93. The molecule has 7 nitrogen and oxygen atoms in total. The smallest absolute Gasteiger partial charge is 0.156 e. The monoisotopic (exact) mass is 408 g/mol. The van der Waals surface area contributed by atoms with Crippen LogP contribution in [0.15, 0.2) is 36.8 Å². The predicted octanol–water partition coefficient (Wildman–Crippen LogP) is 2.94. The summed E-state index contributed by atoms with van der Waals surface area (Å²) in [5.41, 5.74) is 0.242. The summed E-state index contributed by atoms with van der Waals surface area (Å²) < 4.78 is 59.5.